The molecule has 0 aliphatic carbocycles. The van der Waals surface area contributed by atoms with Crippen molar-refractivity contribution >= 4 is 6.03 Å². The molecule has 1 atom stereocenters. The number of piperidine rings is 1. The second-order valence-electron chi connectivity index (χ2n) is 6.21. The number of ether oxygens (including phenoxy) is 1. The van der Waals surface area contributed by atoms with E-state index in [-0.39, 0.29) is 12.1 Å². The van der Waals surface area contributed by atoms with E-state index in [1.165, 1.54) is 0 Å². The Hall–Kier alpha value is -2.35. The number of hydrogen-bond acceptors (Lipinski definition) is 5. The van der Waals surface area contributed by atoms with Crippen LogP contribution >= 0.6 is 0 Å². The van der Waals surface area contributed by atoms with Gasteiger partial charge in [0.15, 0.2) is 0 Å². The highest BCUT2D eigenvalue weighted by atomic mass is 16.5. The molecule has 0 saturated carbocycles. The van der Waals surface area contributed by atoms with Gasteiger partial charge < -0.3 is 19.4 Å². The Labute approximate surface area is 147 Å². The molecule has 136 valence electrons. The van der Waals surface area contributed by atoms with Crippen molar-refractivity contribution in [2.75, 3.05) is 26.8 Å². The Bertz CT molecular complexity index is 662. The number of carbonyl (C=O) groups is 1. The van der Waals surface area contributed by atoms with Gasteiger partial charge in [-0.05, 0) is 25.0 Å². The van der Waals surface area contributed by atoms with E-state index in [4.69, 9.17) is 9.15 Å². The van der Waals surface area contributed by atoms with E-state index in [1.807, 2.05) is 28.6 Å². The fraction of sp³-hybridized carbons (Fsp3) is 0.588. The van der Waals surface area contributed by atoms with Crippen molar-refractivity contribution in [2.45, 2.75) is 38.3 Å². The molecule has 1 aliphatic heterocycles. The molecule has 8 heteroatoms. The Kier molecular flexibility index (Phi) is 5.70. The standard InChI is InChI=1S/C17H25N5O3/c1-3-14-4-5-16(25-14)15(10-24-2)20-17(23)21-8-6-13(7-9-21)22-12-18-11-19-22/h4-5,11-13,15H,3,6-10H2,1-2H3,(H,20,23)/t15-/m0/s1. The van der Waals surface area contributed by atoms with Crippen LogP contribution < -0.4 is 5.32 Å². The van der Waals surface area contributed by atoms with Gasteiger partial charge in [0.2, 0.25) is 0 Å². The molecule has 0 bridgehead atoms. The van der Waals surface area contributed by atoms with Crippen molar-refractivity contribution in [1.82, 2.24) is 25.0 Å². The number of amides is 2. The van der Waals surface area contributed by atoms with E-state index in [1.54, 1.807) is 19.8 Å². The summed E-state index contributed by atoms with van der Waals surface area (Å²) >= 11 is 0. The summed E-state index contributed by atoms with van der Waals surface area (Å²) in [6.07, 6.45) is 5.84. The summed E-state index contributed by atoms with van der Waals surface area (Å²) in [5.41, 5.74) is 0. The first-order valence-corrected chi connectivity index (χ1v) is 8.68. The van der Waals surface area contributed by atoms with Crippen LogP contribution in [0.4, 0.5) is 4.79 Å². The molecule has 1 saturated heterocycles. The lowest BCUT2D eigenvalue weighted by Crippen LogP contribution is -2.46. The first kappa shape index (κ1) is 17.5. The third-order valence-corrected chi connectivity index (χ3v) is 4.57. The van der Waals surface area contributed by atoms with E-state index in [9.17, 15) is 4.79 Å². The molecule has 3 rings (SSSR count). The van der Waals surface area contributed by atoms with Gasteiger partial charge in [-0.1, -0.05) is 6.92 Å². The second kappa shape index (κ2) is 8.15. The van der Waals surface area contributed by atoms with Gasteiger partial charge in [-0.15, -0.1) is 0 Å². The second-order valence-corrected chi connectivity index (χ2v) is 6.21. The maximum Gasteiger partial charge on any atom is 0.318 e. The third kappa shape index (κ3) is 4.19. The van der Waals surface area contributed by atoms with Crippen LogP contribution in [0.3, 0.4) is 0 Å². The quantitative estimate of drug-likeness (QED) is 0.865. The van der Waals surface area contributed by atoms with Crippen molar-refractivity contribution in [2.24, 2.45) is 0 Å². The van der Waals surface area contributed by atoms with Crippen LogP contribution in [0.25, 0.3) is 0 Å². The van der Waals surface area contributed by atoms with Crippen molar-refractivity contribution in [1.29, 1.82) is 0 Å². The lowest BCUT2D eigenvalue weighted by Gasteiger charge is -2.32. The number of nitrogens with one attached hydrogen (secondary N) is 1. The van der Waals surface area contributed by atoms with E-state index < -0.39 is 0 Å². The minimum absolute atomic E-state index is 0.0893. The number of methoxy groups -OCH3 is 1. The van der Waals surface area contributed by atoms with Gasteiger partial charge >= 0.3 is 6.03 Å². The van der Waals surface area contributed by atoms with Crippen LogP contribution in [0.1, 0.15) is 43.4 Å². The predicted octanol–water partition coefficient (Wildman–Crippen LogP) is 2.17. The number of nitrogens with zero attached hydrogens (tertiary/aromatic N) is 4. The predicted molar refractivity (Wildman–Crippen MR) is 91.1 cm³/mol. The molecule has 8 nitrogen and oxygen atoms in total. The average Bonchev–Trinajstić information content (AvgIpc) is 3.33. The van der Waals surface area contributed by atoms with Gasteiger partial charge in [-0.2, -0.15) is 5.10 Å². The number of carbonyl (C=O) groups excluding carboxylic acids is 1. The van der Waals surface area contributed by atoms with E-state index in [2.05, 4.69) is 15.4 Å². The molecule has 1 fully saturated rings. The van der Waals surface area contributed by atoms with E-state index in [0.717, 1.165) is 30.8 Å². The maximum absolute atomic E-state index is 12.6. The summed E-state index contributed by atoms with van der Waals surface area (Å²) in [6, 6.07) is 3.77. The molecule has 25 heavy (non-hydrogen) atoms. The lowest BCUT2D eigenvalue weighted by molar-refractivity contribution is 0.137. The zero-order valence-electron chi connectivity index (χ0n) is 14.7. The first-order valence-electron chi connectivity index (χ1n) is 8.68. The van der Waals surface area contributed by atoms with Gasteiger partial charge in [-0.3, -0.25) is 0 Å². The summed E-state index contributed by atoms with van der Waals surface area (Å²) in [4.78, 5) is 18.4. The number of urea groups is 1. The molecule has 2 amide bonds. The summed E-state index contributed by atoms with van der Waals surface area (Å²) in [7, 11) is 1.62. The number of likely N-dealkylation sites (tertiary alicyclic amines) is 1. The fourth-order valence-electron chi connectivity index (χ4n) is 3.11. The summed E-state index contributed by atoms with van der Waals surface area (Å²) in [5, 5.41) is 7.21. The maximum atomic E-state index is 12.6. The lowest BCUT2D eigenvalue weighted by atomic mass is 10.1. The molecule has 0 aromatic carbocycles. The molecular weight excluding hydrogens is 322 g/mol. The SMILES string of the molecule is CCc1ccc([C@H](COC)NC(=O)N2CCC(n3cncn3)CC2)o1. The number of furan rings is 1. The van der Waals surface area contributed by atoms with Gasteiger partial charge in [0, 0.05) is 26.6 Å². The number of aryl methyl sites for hydroxylation is 1. The number of hydrogen-bond donors (Lipinski definition) is 1. The smallest absolute Gasteiger partial charge is 0.318 e. The van der Waals surface area contributed by atoms with Gasteiger partial charge in [-0.25, -0.2) is 14.5 Å². The highest BCUT2D eigenvalue weighted by molar-refractivity contribution is 5.74. The minimum Gasteiger partial charge on any atom is -0.464 e. The first-order chi connectivity index (χ1) is 12.2. The van der Waals surface area contributed by atoms with Crippen LogP contribution in [0, 0.1) is 0 Å². The largest absolute Gasteiger partial charge is 0.464 e. The van der Waals surface area contributed by atoms with Crippen molar-refractivity contribution in [3.63, 3.8) is 0 Å². The molecule has 1 N–H and O–H groups in total. The highest BCUT2D eigenvalue weighted by Gasteiger charge is 2.26. The van der Waals surface area contributed by atoms with Crippen molar-refractivity contribution < 1.29 is 13.9 Å². The average molecular weight is 347 g/mol. The topological polar surface area (TPSA) is 85.4 Å². The molecule has 0 radical (unpaired) electrons. The van der Waals surface area contributed by atoms with Crippen LogP contribution in [0.2, 0.25) is 0 Å². The normalized spacial score (nSPS) is 16.8. The van der Waals surface area contributed by atoms with Crippen LogP contribution in [-0.4, -0.2) is 52.5 Å². The Morgan fingerprint density at radius 1 is 1.44 bits per heavy atom. The Balaban J connectivity index is 1.56. The van der Waals surface area contributed by atoms with Gasteiger partial charge in [0.1, 0.15) is 30.2 Å². The zero-order chi connectivity index (χ0) is 17.6. The fourth-order valence-corrected chi connectivity index (χ4v) is 3.11. The zero-order valence-corrected chi connectivity index (χ0v) is 14.7. The monoisotopic (exact) mass is 347 g/mol. The number of rotatable bonds is 6. The molecule has 0 unspecified atom stereocenters. The molecule has 1 aliphatic rings. The Morgan fingerprint density at radius 3 is 2.84 bits per heavy atom. The van der Waals surface area contributed by atoms with Crippen LogP contribution in [0.15, 0.2) is 29.2 Å². The highest BCUT2D eigenvalue weighted by Crippen LogP contribution is 2.22. The van der Waals surface area contributed by atoms with Crippen molar-refractivity contribution in [3.05, 3.63) is 36.3 Å². The van der Waals surface area contributed by atoms with Crippen molar-refractivity contribution in [3.8, 4) is 0 Å². The minimum atomic E-state index is -0.286. The number of aromatic nitrogens is 3. The van der Waals surface area contributed by atoms with Gasteiger partial charge in [0.05, 0.1) is 12.6 Å². The van der Waals surface area contributed by atoms with Crippen LogP contribution in [-0.2, 0) is 11.2 Å². The molecule has 2 aromatic rings. The Morgan fingerprint density at radius 2 is 2.24 bits per heavy atom. The third-order valence-electron chi connectivity index (χ3n) is 4.57. The molecule has 0 spiro atoms. The molecule has 2 aromatic heterocycles. The van der Waals surface area contributed by atoms with E-state index >= 15 is 0 Å². The molecule has 3 heterocycles. The molecular formula is C17H25N5O3. The summed E-state index contributed by atoms with van der Waals surface area (Å²) in [6.45, 7) is 3.78. The summed E-state index contributed by atoms with van der Waals surface area (Å²) in [5.74, 6) is 1.63. The van der Waals surface area contributed by atoms with E-state index in [0.29, 0.717) is 25.7 Å². The summed E-state index contributed by atoms with van der Waals surface area (Å²) < 4.78 is 12.9. The van der Waals surface area contributed by atoms with Crippen LogP contribution in [0.5, 0.6) is 0 Å². The van der Waals surface area contributed by atoms with Gasteiger partial charge in [0.25, 0.3) is 0 Å².